The number of fused-ring (bicyclic) bond motifs is 1. The highest BCUT2D eigenvalue weighted by Crippen LogP contribution is 2.38. The summed E-state index contributed by atoms with van der Waals surface area (Å²) in [6.07, 6.45) is 0. The van der Waals surface area contributed by atoms with Crippen LogP contribution in [0.5, 0.6) is 5.75 Å². The molecule has 0 saturated heterocycles. The van der Waals surface area contributed by atoms with Gasteiger partial charge in [0, 0.05) is 38.0 Å². The monoisotopic (exact) mass is 317 g/mol. The molecule has 5 nitrogen and oxygen atoms in total. The first-order chi connectivity index (χ1) is 10.7. The summed E-state index contributed by atoms with van der Waals surface area (Å²) in [5.41, 5.74) is 3.98. The minimum Gasteiger partial charge on any atom is -0.490 e. The highest BCUT2D eigenvalue weighted by molar-refractivity contribution is 7.97. The van der Waals surface area contributed by atoms with Crippen LogP contribution in [-0.2, 0) is 4.79 Å². The molecular formula is C16H19N3O2S. The average molecular weight is 317 g/mol. The first-order valence-electron chi connectivity index (χ1n) is 7.59. The van der Waals surface area contributed by atoms with Crippen molar-refractivity contribution >= 4 is 23.5 Å². The zero-order valence-electron chi connectivity index (χ0n) is 12.6. The molecule has 3 aliphatic rings. The fraction of sp³-hybridized carbons (Fsp3) is 0.438. The summed E-state index contributed by atoms with van der Waals surface area (Å²) in [6, 6.07) is 6.13. The molecule has 0 aliphatic carbocycles. The van der Waals surface area contributed by atoms with Crippen molar-refractivity contribution < 1.29 is 9.53 Å². The Hall–Kier alpha value is -1.50. The van der Waals surface area contributed by atoms with Gasteiger partial charge in [0.1, 0.15) is 12.4 Å². The summed E-state index contributed by atoms with van der Waals surface area (Å²) >= 11 is 1.76. The molecule has 0 spiro atoms. The summed E-state index contributed by atoms with van der Waals surface area (Å²) in [6.45, 7) is 6.91. The number of carbonyl (C=O) groups is 1. The minimum absolute atomic E-state index is 0.0691. The normalized spacial score (nSPS) is 20.9. The number of ether oxygens (including phenoxy) is 1. The molecular weight excluding hydrogens is 298 g/mol. The zero-order chi connectivity index (χ0) is 15.1. The number of hydrogen-bond donors (Lipinski definition) is 1. The Bertz CT molecular complexity index is 643. The Labute approximate surface area is 134 Å². The van der Waals surface area contributed by atoms with Crippen molar-refractivity contribution in [2.45, 2.75) is 11.8 Å². The number of hydrogen-bond acceptors (Lipinski definition) is 5. The Balaban J connectivity index is 1.52. The van der Waals surface area contributed by atoms with Crippen LogP contribution >= 0.6 is 11.9 Å². The van der Waals surface area contributed by atoms with E-state index in [9.17, 15) is 4.79 Å². The van der Waals surface area contributed by atoms with E-state index in [0.29, 0.717) is 13.2 Å². The molecule has 0 bridgehead atoms. The predicted molar refractivity (Wildman–Crippen MR) is 87.3 cm³/mol. The van der Waals surface area contributed by atoms with E-state index in [1.165, 1.54) is 0 Å². The maximum atomic E-state index is 11.8. The van der Waals surface area contributed by atoms with E-state index < -0.39 is 0 Å². The van der Waals surface area contributed by atoms with Crippen molar-refractivity contribution in [3.05, 3.63) is 29.3 Å². The third-order valence-electron chi connectivity index (χ3n) is 4.32. The van der Waals surface area contributed by atoms with Crippen LogP contribution in [0.25, 0.3) is 0 Å². The largest absolute Gasteiger partial charge is 0.490 e. The van der Waals surface area contributed by atoms with Crippen molar-refractivity contribution in [3.63, 3.8) is 0 Å². The van der Waals surface area contributed by atoms with Gasteiger partial charge in [0.15, 0.2) is 0 Å². The van der Waals surface area contributed by atoms with E-state index in [1.54, 1.807) is 34.9 Å². The molecule has 1 aromatic carbocycles. The summed E-state index contributed by atoms with van der Waals surface area (Å²) in [5.74, 6) is 0.872. The summed E-state index contributed by atoms with van der Waals surface area (Å²) in [4.78, 5) is 14.7. The molecule has 0 unspecified atom stereocenters. The lowest BCUT2D eigenvalue weighted by molar-refractivity contribution is -0.116. The summed E-state index contributed by atoms with van der Waals surface area (Å²) in [5, 5.41) is 3.40. The average Bonchev–Trinajstić information content (AvgIpc) is 3.07. The van der Waals surface area contributed by atoms with E-state index in [2.05, 4.69) is 21.8 Å². The Morgan fingerprint density at radius 3 is 2.77 bits per heavy atom. The molecule has 4 rings (SSSR count). The molecule has 1 aromatic rings. The number of nitrogens with one attached hydrogen (secondary N) is 1. The van der Waals surface area contributed by atoms with Crippen molar-refractivity contribution in [1.82, 2.24) is 9.62 Å². The highest BCUT2D eigenvalue weighted by atomic mass is 32.2. The Morgan fingerprint density at radius 1 is 1.27 bits per heavy atom. The lowest BCUT2D eigenvalue weighted by Gasteiger charge is -2.29. The molecule has 0 aromatic heterocycles. The van der Waals surface area contributed by atoms with E-state index in [0.717, 1.165) is 42.5 Å². The standard InChI is InChI=1S/C16H19N3O2S/c1-11(20)19-4-5-21-16-3-2-14(6-15(16)19)22-18-9-12-7-17-8-13(12)10-18/h2-3,6,17H,4-5,7-10H2,1H3. The van der Waals surface area contributed by atoms with Gasteiger partial charge in [-0.3, -0.25) is 4.79 Å². The number of carbonyl (C=O) groups excluding carboxylic acids is 1. The maximum absolute atomic E-state index is 11.8. The molecule has 3 heterocycles. The second-order valence-corrected chi connectivity index (χ2v) is 7.02. The van der Waals surface area contributed by atoms with Gasteiger partial charge in [-0.2, -0.15) is 0 Å². The number of amides is 1. The van der Waals surface area contributed by atoms with Crippen LogP contribution < -0.4 is 15.0 Å². The summed E-state index contributed by atoms with van der Waals surface area (Å²) in [7, 11) is 0. The third-order valence-corrected chi connectivity index (χ3v) is 5.30. The Kier molecular flexibility index (Phi) is 3.60. The maximum Gasteiger partial charge on any atom is 0.224 e. The molecule has 0 fully saturated rings. The molecule has 6 heteroatoms. The first kappa shape index (κ1) is 14.1. The van der Waals surface area contributed by atoms with Crippen LogP contribution in [0.15, 0.2) is 34.2 Å². The van der Waals surface area contributed by atoms with Crippen LogP contribution in [0.2, 0.25) is 0 Å². The van der Waals surface area contributed by atoms with Gasteiger partial charge in [-0.25, -0.2) is 4.31 Å². The van der Waals surface area contributed by atoms with Crippen molar-refractivity contribution in [2.24, 2.45) is 0 Å². The summed E-state index contributed by atoms with van der Waals surface area (Å²) < 4.78 is 8.04. The third kappa shape index (κ3) is 2.51. The van der Waals surface area contributed by atoms with E-state index in [-0.39, 0.29) is 5.91 Å². The van der Waals surface area contributed by atoms with Crippen LogP contribution in [-0.4, -0.2) is 49.5 Å². The van der Waals surface area contributed by atoms with Crippen molar-refractivity contribution in [2.75, 3.05) is 44.2 Å². The van der Waals surface area contributed by atoms with Crippen LogP contribution in [0.1, 0.15) is 6.92 Å². The first-order valence-corrected chi connectivity index (χ1v) is 8.36. The van der Waals surface area contributed by atoms with Crippen molar-refractivity contribution in [1.29, 1.82) is 0 Å². The second kappa shape index (κ2) is 5.61. The molecule has 0 saturated carbocycles. The second-order valence-electron chi connectivity index (χ2n) is 5.85. The van der Waals surface area contributed by atoms with E-state index in [1.807, 2.05) is 6.07 Å². The van der Waals surface area contributed by atoms with Crippen LogP contribution in [0.4, 0.5) is 5.69 Å². The fourth-order valence-corrected chi connectivity index (χ4v) is 4.26. The van der Waals surface area contributed by atoms with Gasteiger partial charge >= 0.3 is 0 Å². The van der Waals surface area contributed by atoms with E-state index >= 15 is 0 Å². The van der Waals surface area contributed by atoms with Crippen molar-refractivity contribution in [3.8, 4) is 5.75 Å². The van der Waals surface area contributed by atoms with Gasteiger partial charge in [0.05, 0.1) is 12.2 Å². The quantitative estimate of drug-likeness (QED) is 0.664. The number of anilines is 1. The van der Waals surface area contributed by atoms with Gasteiger partial charge in [-0.1, -0.05) is 0 Å². The van der Waals surface area contributed by atoms with Crippen LogP contribution in [0.3, 0.4) is 0 Å². The van der Waals surface area contributed by atoms with Crippen LogP contribution in [0, 0.1) is 0 Å². The smallest absolute Gasteiger partial charge is 0.224 e. The molecule has 0 radical (unpaired) electrons. The van der Waals surface area contributed by atoms with E-state index in [4.69, 9.17) is 4.74 Å². The molecule has 1 N–H and O–H groups in total. The Morgan fingerprint density at radius 2 is 2.05 bits per heavy atom. The van der Waals surface area contributed by atoms with Gasteiger partial charge in [-0.05, 0) is 41.3 Å². The minimum atomic E-state index is 0.0691. The SMILES string of the molecule is CC(=O)N1CCOc2ccc(SN3CC4=C(CNC4)C3)cc21. The highest BCUT2D eigenvalue weighted by Gasteiger charge is 2.27. The number of nitrogens with zero attached hydrogens (tertiary/aromatic N) is 2. The molecule has 116 valence electrons. The predicted octanol–water partition coefficient (Wildman–Crippen LogP) is 1.65. The molecule has 3 aliphatic heterocycles. The van der Waals surface area contributed by atoms with Gasteiger partial charge in [0.2, 0.25) is 5.91 Å². The molecule has 1 amide bonds. The molecule has 22 heavy (non-hydrogen) atoms. The number of benzene rings is 1. The van der Waals surface area contributed by atoms with Gasteiger partial charge in [0.25, 0.3) is 0 Å². The zero-order valence-corrected chi connectivity index (χ0v) is 13.4. The lowest BCUT2D eigenvalue weighted by Crippen LogP contribution is -2.36. The topological polar surface area (TPSA) is 44.8 Å². The fourth-order valence-electron chi connectivity index (χ4n) is 3.23. The lowest BCUT2D eigenvalue weighted by atomic mass is 10.2. The van der Waals surface area contributed by atoms with Gasteiger partial charge in [-0.15, -0.1) is 0 Å². The van der Waals surface area contributed by atoms with Gasteiger partial charge < -0.3 is 15.0 Å². The molecule has 0 atom stereocenters. The number of rotatable bonds is 2.